The van der Waals surface area contributed by atoms with Gasteiger partial charge in [-0.15, -0.1) is 0 Å². The monoisotopic (exact) mass is 1010 g/mol. The Balaban J connectivity index is 5.02. The largest absolute Gasteiger partial charge is 0.379 e. The summed E-state index contributed by atoms with van der Waals surface area (Å²) in [6, 6.07) is 0. The minimum absolute atomic E-state index is 0.102. The molecule has 0 bridgehead atoms. The van der Waals surface area contributed by atoms with Crippen LogP contribution < -0.4 is 0 Å². The first-order valence-corrected chi connectivity index (χ1v) is 29.4. The molecule has 0 aromatic rings. The van der Waals surface area contributed by atoms with Crippen molar-refractivity contribution in [2.24, 2.45) is 0 Å². The van der Waals surface area contributed by atoms with E-state index in [0.29, 0.717) is 19.3 Å². The van der Waals surface area contributed by atoms with E-state index in [1.807, 2.05) is 0 Å². The van der Waals surface area contributed by atoms with Crippen LogP contribution in [0.1, 0.15) is 316 Å². The molecule has 0 aromatic carbocycles. The number of unbranched alkanes of at least 4 members (excludes halogenated alkanes) is 39. The average Bonchev–Trinajstić information content (AvgIpc) is 3.29. The zero-order valence-electron chi connectivity index (χ0n) is 42.7. The van der Waals surface area contributed by atoms with Crippen LogP contribution in [0.5, 0.6) is 0 Å². The average molecular weight is 1020 g/mol. The Hall–Kier alpha value is -0.640. The van der Waals surface area contributed by atoms with Gasteiger partial charge in [-0.3, -0.25) is 14.4 Å². The van der Waals surface area contributed by atoms with Gasteiger partial charge in [-0.2, -0.15) is 0 Å². The van der Waals surface area contributed by atoms with Crippen molar-refractivity contribution in [1.29, 1.82) is 0 Å². The van der Waals surface area contributed by atoms with E-state index in [-0.39, 0.29) is 19.3 Å². The molecule has 0 saturated carbocycles. The molecule has 0 aliphatic carbocycles. The summed E-state index contributed by atoms with van der Waals surface area (Å²) in [5.74, 6) is -2.47. The molecule has 7 heteroatoms. The number of rotatable bonds is 52. The topological polar surface area (TPSA) is 112 Å². The van der Waals surface area contributed by atoms with Crippen molar-refractivity contribution in [2.45, 2.75) is 331 Å². The second-order valence-corrected chi connectivity index (χ2v) is 21.0. The molecular formula is C57H107IO6. The molecule has 0 aliphatic heterocycles. The van der Waals surface area contributed by atoms with Gasteiger partial charge in [-0.1, -0.05) is 264 Å². The molecule has 0 heterocycles. The number of aliphatic hydroxyl groups excluding tert-OH is 1. The second-order valence-electron chi connectivity index (χ2n) is 19.8. The van der Waals surface area contributed by atoms with Crippen molar-refractivity contribution in [2.75, 3.05) is 0 Å². The summed E-state index contributed by atoms with van der Waals surface area (Å²) in [6.45, 7) is 6.76. The van der Waals surface area contributed by atoms with E-state index in [1.165, 1.54) is 190 Å². The third-order valence-corrected chi connectivity index (χ3v) is 14.7. The van der Waals surface area contributed by atoms with Crippen molar-refractivity contribution in [1.82, 2.24) is 0 Å². The molecule has 0 rings (SSSR count). The number of hydrogen-bond acceptors (Lipinski definition) is 6. The van der Waals surface area contributed by atoms with E-state index in [2.05, 4.69) is 32.9 Å². The molecule has 3 N–H and O–H groups in total. The number of carbonyl (C=O) groups is 3. The maximum absolute atomic E-state index is 14.0. The standard InChI is InChI=1S/C57H107IO6/c1-4-7-10-13-16-19-22-25-28-31-34-37-40-43-46-49-52(59)56(63,53(60)50-47-44-41-38-35-32-29-26-23-20-17-14-11-8-5-2)57(64,55(58)62)54(61)51-48-45-42-39-36-33-30-27-24-21-18-15-12-9-6-3/h27,30,55,62-64H,4-26,28-29,31-51H2,1-3H3. The first-order valence-electron chi connectivity index (χ1n) is 28.2. The molecule has 2 atom stereocenters. The van der Waals surface area contributed by atoms with Crippen LogP contribution in [-0.4, -0.2) is 48.0 Å². The lowest BCUT2D eigenvalue weighted by molar-refractivity contribution is -0.196. The summed E-state index contributed by atoms with van der Waals surface area (Å²) < 4.78 is -1.80. The summed E-state index contributed by atoms with van der Waals surface area (Å²) in [4.78, 5) is 41.8. The number of halogens is 1. The highest BCUT2D eigenvalue weighted by atomic mass is 127. The molecule has 0 amide bonds. The molecule has 0 fully saturated rings. The van der Waals surface area contributed by atoms with Crippen molar-refractivity contribution in [3.05, 3.63) is 12.2 Å². The maximum Gasteiger partial charge on any atom is 0.220 e. The van der Waals surface area contributed by atoms with E-state index in [9.17, 15) is 29.7 Å². The highest BCUT2D eigenvalue weighted by Crippen LogP contribution is 2.37. The summed E-state index contributed by atoms with van der Waals surface area (Å²) in [5.41, 5.74) is -5.84. The lowest BCUT2D eigenvalue weighted by Gasteiger charge is -2.41. The molecule has 0 aromatic heterocycles. The number of ketones is 3. The summed E-state index contributed by atoms with van der Waals surface area (Å²) in [7, 11) is 0. The SMILES string of the molecule is CCCCCCCCC=CCCCCCCCC(=O)C(O)(C(O)I)C(O)(C(=O)CCCCCCCCCCCCCCCCC)C(=O)CCCCCCCCCCCCCCCCC. The zero-order chi connectivity index (χ0) is 47.3. The first kappa shape index (κ1) is 63.4. The Morgan fingerprint density at radius 2 is 0.562 bits per heavy atom. The fourth-order valence-corrected chi connectivity index (χ4v) is 10.1. The van der Waals surface area contributed by atoms with Crippen molar-refractivity contribution in [3.8, 4) is 0 Å². The lowest BCUT2D eigenvalue weighted by Crippen LogP contribution is -2.71. The normalized spacial score (nSPS) is 13.5. The summed E-state index contributed by atoms with van der Waals surface area (Å²) in [5, 5.41) is 35.1. The summed E-state index contributed by atoms with van der Waals surface area (Å²) in [6.07, 6.45) is 54.0. The van der Waals surface area contributed by atoms with Crippen LogP contribution in [0.25, 0.3) is 0 Å². The highest BCUT2D eigenvalue weighted by Gasteiger charge is 2.65. The quantitative estimate of drug-likeness (QED) is 0.0184. The van der Waals surface area contributed by atoms with Gasteiger partial charge in [0.15, 0.2) is 17.3 Å². The van der Waals surface area contributed by atoms with Crippen LogP contribution >= 0.6 is 22.6 Å². The second kappa shape index (κ2) is 46.1. The van der Waals surface area contributed by atoms with Gasteiger partial charge in [-0.25, -0.2) is 0 Å². The molecule has 0 spiro atoms. The Bertz CT molecular complexity index is 1040. The van der Waals surface area contributed by atoms with Crippen molar-refractivity contribution >= 4 is 39.9 Å². The predicted molar refractivity (Wildman–Crippen MR) is 283 cm³/mol. The third-order valence-electron chi connectivity index (χ3n) is 13.8. The Morgan fingerprint density at radius 1 is 0.359 bits per heavy atom. The van der Waals surface area contributed by atoms with Crippen LogP contribution in [0.2, 0.25) is 0 Å². The van der Waals surface area contributed by atoms with Gasteiger partial charge in [0.1, 0.15) is 4.11 Å². The Labute approximate surface area is 411 Å². The van der Waals surface area contributed by atoms with Crippen molar-refractivity contribution in [3.63, 3.8) is 0 Å². The molecule has 0 saturated heterocycles. The van der Waals surface area contributed by atoms with Gasteiger partial charge in [0.25, 0.3) is 0 Å². The minimum atomic E-state index is -2.96. The maximum atomic E-state index is 14.0. The highest BCUT2D eigenvalue weighted by molar-refractivity contribution is 14.1. The Morgan fingerprint density at radius 3 is 0.797 bits per heavy atom. The van der Waals surface area contributed by atoms with E-state index in [0.717, 1.165) is 89.9 Å². The third kappa shape index (κ3) is 32.2. The van der Waals surface area contributed by atoms with E-state index in [1.54, 1.807) is 0 Å². The fourth-order valence-electron chi connectivity index (χ4n) is 9.31. The molecule has 6 nitrogen and oxygen atoms in total. The van der Waals surface area contributed by atoms with Crippen molar-refractivity contribution < 1.29 is 29.7 Å². The number of hydrogen-bond donors (Lipinski definition) is 3. The Kier molecular flexibility index (Phi) is 45.6. The number of Topliss-reactive ketones (excluding diaryl/α,β-unsaturated/α-hetero) is 3. The molecule has 378 valence electrons. The first-order chi connectivity index (χ1) is 31.1. The van der Waals surface area contributed by atoms with Gasteiger partial charge < -0.3 is 15.3 Å². The predicted octanol–water partition coefficient (Wildman–Crippen LogP) is 17.5. The molecule has 0 radical (unpaired) electrons. The number of carbonyl (C=O) groups excluding carboxylic acids is 3. The molecule has 0 aliphatic rings. The van der Waals surface area contributed by atoms with Gasteiger partial charge in [0, 0.05) is 19.3 Å². The smallest absolute Gasteiger partial charge is 0.220 e. The molecule has 2 unspecified atom stereocenters. The number of alkyl halides is 1. The van der Waals surface area contributed by atoms with E-state index in [4.69, 9.17) is 0 Å². The summed E-state index contributed by atoms with van der Waals surface area (Å²) >= 11 is 1.51. The van der Waals surface area contributed by atoms with Crippen LogP contribution in [-0.2, 0) is 14.4 Å². The van der Waals surface area contributed by atoms with E-state index >= 15 is 0 Å². The van der Waals surface area contributed by atoms with Crippen LogP contribution in [0, 0.1) is 0 Å². The van der Waals surface area contributed by atoms with E-state index < -0.39 is 32.7 Å². The fraction of sp³-hybridized carbons (Fsp3) is 0.912. The van der Waals surface area contributed by atoms with Crippen LogP contribution in [0.4, 0.5) is 0 Å². The van der Waals surface area contributed by atoms with Gasteiger partial charge in [0.2, 0.25) is 11.2 Å². The lowest BCUT2D eigenvalue weighted by atomic mass is 9.71. The van der Waals surface area contributed by atoms with Crippen LogP contribution in [0.15, 0.2) is 12.2 Å². The molecular weight excluding hydrogens is 908 g/mol. The number of allylic oxidation sites excluding steroid dienone is 2. The van der Waals surface area contributed by atoms with Gasteiger partial charge in [-0.05, 0) is 67.5 Å². The molecule has 64 heavy (non-hydrogen) atoms. The number of aliphatic hydroxyl groups is 3. The minimum Gasteiger partial charge on any atom is -0.379 e. The van der Waals surface area contributed by atoms with Gasteiger partial charge in [0.05, 0.1) is 0 Å². The van der Waals surface area contributed by atoms with Crippen LogP contribution in [0.3, 0.4) is 0 Å². The van der Waals surface area contributed by atoms with Gasteiger partial charge >= 0.3 is 0 Å². The zero-order valence-corrected chi connectivity index (χ0v) is 44.9.